The minimum absolute atomic E-state index is 0.754. The number of hydrogen-bond acceptors (Lipinski definition) is 1. The Bertz CT molecular complexity index is 518. The fourth-order valence-corrected chi connectivity index (χ4v) is 1.85. The van der Waals surface area contributed by atoms with Gasteiger partial charge in [0.2, 0.25) is 0 Å². The SMILES string of the molecule is Cc1cc(Cl)ccc1N=CCc1ccccc1. The number of halogens is 1. The molecule has 0 saturated heterocycles. The van der Waals surface area contributed by atoms with Gasteiger partial charge in [-0.2, -0.15) is 0 Å². The van der Waals surface area contributed by atoms with Crippen molar-refractivity contribution in [2.45, 2.75) is 13.3 Å². The highest BCUT2D eigenvalue weighted by Crippen LogP contribution is 2.21. The van der Waals surface area contributed by atoms with Crippen LogP contribution >= 0.6 is 11.6 Å². The van der Waals surface area contributed by atoms with Gasteiger partial charge in [0.25, 0.3) is 0 Å². The van der Waals surface area contributed by atoms with E-state index in [1.165, 1.54) is 5.56 Å². The quantitative estimate of drug-likeness (QED) is 0.699. The van der Waals surface area contributed by atoms with Crippen LogP contribution in [-0.4, -0.2) is 6.21 Å². The maximum atomic E-state index is 5.90. The van der Waals surface area contributed by atoms with Crippen molar-refractivity contribution >= 4 is 23.5 Å². The molecular weight excluding hydrogens is 230 g/mol. The summed E-state index contributed by atoms with van der Waals surface area (Å²) in [7, 11) is 0. The van der Waals surface area contributed by atoms with Crippen LogP contribution in [0.25, 0.3) is 0 Å². The molecule has 0 unspecified atom stereocenters. The van der Waals surface area contributed by atoms with E-state index in [0.717, 1.165) is 22.7 Å². The van der Waals surface area contributed by atoms with Crippen molar-refractivity contribution in [2.24, 2.45) is 4.99 Å². The van der Waals surface area contributed by atoms with Gasteiger partial charge in [-0.15, -0.1) is 0 Å². The third-order valence-corrected chi connectivity index (χ3v) is 2.79. The zero-order chi connectivity index (χ0) is 12.1. The zero-order valence-corrected chi connectivity index (χ0v) is 10.5. The first kappa shape index (κ1) is 11.9. The predicted molar refractivity (Wildman–Crippen MR) is 74.5 cm³/mol. The van der Waals surface area contributed by atoms with Gasteiger partial charge < -0.3 is 0 Å². The van der Waals surface area contributed by atoms with E-state index in [-0.39, 0.29) is 0 Å². The molecule has 0 N–H and O–H groups in total. The predicted octanol–water partition coefficient (Wildman–Crippen LogP) is 4.59. The summed E-state index contributed by atoms with van der Waals surface area (Å²) in [5.41, 5.74) is 3.34. The normalized spacial score (nSPS) is 10.9. The summed E-state index contributed by atoms with van der Waals surface area (Å²) < 4.78 is 0. The van der Waals surface area contributed by atoms with Crippen LogP contribution in [0.3, 0.4) is 0 Å². The maximum absolute atomic E-state index is 5.90. The lowest BCUT2D eigenvalue weighted by Gasteiger charge is -2.00. The summed E-state index contributed by atoms with van der Waals surface area (Å²) in [5, 5.41) is 0.754. The van der Waals surface area contributed by atoms with Crippen LogP contribution in [0.15, 0.2) is 53.5 Å². The molecule has 0 aliphatic rings. The highest BCUT2D eigenvalue weighted by atomic mass is 35.5. The first-order chi connectivity index (χ1) is 8.25. The van der Waals surface area contributed by atoms with E-state index < -0.39 is 0 Å². The molecule has 0 amide bonds. The Balaban J connectivity index is 2.06. The zero-order valence-electron chi connectivity index (χ0n) is 9.73. The first-order valence-corrected chi connectivity index (χ1v) is 5.96. The summed E-state index contributed by atoms with van der Waals surface area (Å²) in [6.07, 6.45) is 2.79. The molecule has 17 heavy (non-hydrogen) atoms. The molecule has 86 valence electrons. The van der Waals surface area contributed by atoms with Gasteiger partial charge >= 0.3 is 0 Å². The van der Waals surface area contributed by atoms with Crippen molar-refractivity contribution in [3.8, 4) is 0 Å². The van der Waals surface area contributed by atoms with Gasteiger partial charge in [0, 0.05) is 17.7 Å². The van der Waals surface area contributed by atoms with E-state index in [4.69, 9.17) is 11.6 Å². The van der Waals surface area contributed by atoms with Gasteiger partial charge in [0.05, 0.1) is 5.69 Å². The molecule has 0 aromatic heterocycles. The monoisotopic (exact) mass is 243 g/mol. The van der Waals surface area contributed by atoms with Gasteiger partial charge in [-0.3, -0.25) is 4.99 Å². The van der Waals surface area contributed by atoms with Gasteiger partial charge in [-0.25, -0.2) is 0 Å². The summed E-state index contributed by atoms with van der Waals surface area (Å²) in [6, 6.07) is 16.0. The third kappa shape index (κ3) is 3.43. The van der Waals surface area contributed by atoms with Crippen LogP contribution in [-0.2, 0) is 6.42 Å². The smallest absolute Gasteiger partial charge is 0.0656 e. The summed E-state index contributed by atoms with van der Waals surface area (Å²) in [4.78, 5) is 4.46. The first-order valence-electron chi connectivity index (χ1n) is 5.58. The molecule has 2 heteroatoms. The lowest BCUT2D eigenvalue weighted by molar-refractivity contribution is 1.33. The Morgan fingerprint density at radius 3 is 2.59 bits per heavy atom. The number of nitrogens with zero attached hydrogens (tertiary/aromatic N) is 1. The van der Waals surface area contributed by atoms with E-state index in [2.05, 4.69) is 17.1 Å². The maximum Gasteiger partial charge on any atom is 0.0656 e. The topological polar surface area (TPSA) is 12.4 Å². The summed E-state index contributed by atoms with van der Waals surface area (Å²) in [6.45, 7) is 2.01. The van der Waals surface area contributed by atoms with E-state index in [9.17, 15) is 0 Å². The van der Waals surface area contributed by atoms with Gasteiger partial charge in [0.15, 0.2) is 0 Å². The van der Waals surface area contributed by atoms with Crippen LogP contribution < -0.4 is 0 Å². The average Bonchev–Trinajstić information content (AvgIpc) is 2.33. The standard InChI is InChI=1S/C15H14ClN/c1-12-11-14(16)7-8-15(12)17-10-9-13-5-3-2-4-6-13/h2-8,10-11H,9H2,1H3. The molecule has 0 saturated carbocycles. The average molecular weight is 244 g/mol. The second kappa shape index (κ2) is 5.65. The minimum atomic E-state index is 0.754. The Hall–Kier alpha value is -1.60. The van der Waals surface area contributed by atoms with Gasteiger partial charge in [0.1, 0.15) is 0 Å². The Kier molecular flexibility index (Phi) is 3.94. The second-order valence-electron chi connectivity index (χ2n) is 3.93. The van der Waals surface area contributed by atoms with E-state index in [1.807, 2.05) is 49.5 Å². The highest BCUT2D eigenvalue weighted by molar-refractivity contribution is 6.30. The lowest BCUT2D eigenvalue weighted by atomic mass is 10.2. The Morgan fingerprint density at radius 2 is 1.88 bits per heavy atom. The molecule has 0 aliphatic carbocycles. The van der Waals surface area contributed by atoms with E-state index >= 15 is 0 Å². The van der Waals surface area contributed by atoms with Crippen LogP contribution in [0.1, 0.15) is 11.1 Å². The van der Waals surface area contributed by atoms with Crippen molar-refractivity contribution in [2.75, 3.05) is 0 Å². The fourth-order valence-electron chi connectivity index (χ4n) is 1.63. The summed E-state index contributed by atoms with van der Waals surface area (Å²) in [5.74, 6) is 0. The summed E-state index contributed by atoms with van der Waals surface area (Å²) >= 11 is 5.90. The molecule has 0 heterocycles. The number of aliphatic imine (C=N–C) groups is 1. The number of rotatable bonds is 3. The van der Waals surface area contributed by atoms with Crippen LogP contribution in [0.2, 0.25) is 5.02 Å². The van der Waals surface area contributed by atoms with Crippen molar-refractivity contribution in [1.29, 1.82) is 0 Å². The molecule has 1 nitrogen and oxygen atoms in total. The third-order valence-electron chi connectivity index (χ3n) is 2.56. The minimum Gasteiger partial charge on any atom is -0.261 e. The van der Waals surface area contributed by atoms with Crippen LogP contribution in [0, 0.1) is 6.92 Å². The lowest BCUT2D eigenvalue weighted by Crippen LogP contribution is -1.85. The Morgan fingerprint density at radius 1 is 1.12 bits per heavy atom. The molecule has 2 aromatic rings. The molecule has 0 fully saturated rings. The number of hydrogen-bond donors (Lipinski definition) is 0. The molecular formula is C15H14ClN. The molecule has 0 atom stereocenters. The molecule has 0 bridgehead atoms. The van der Waals surface area contributed by atoms with Crippen molar-refractivity contribution in [3.63, 3.8) is 0 Å². The second-order valence-corrected chi connectivity index (χ2v) is 4.37. The van der Waals surface area contributed by atoms with Crippen LogP contribution in [0.5, 0.6) is 0 Å². The van der Waals surface area contributed by atoms with Crippen LogP contribution in [0.4, 0.5) is 5.69 Å². The van der Waals surface area contributed by atoms with Crippen molar-refractivity contribution < 1.29 is 0 Å². The van der Waals surface area contributed by atoms with Crippen molar-refractivity contribution in [1.82, 2.24) is 0 Å². The molecule has 0 spiro atoms. The number of aryl methyl sites for hydroxylation is 1. The molecule has 2 rings (SSSR count). The largest absolute Gasteiger partial charge is 0.261 e. The van der Waals surface area contributed by atoms with Crippen molar-refractivity contribution in [3.05, 3.63) is 64.7 Å². The molecule has 2 aromatic carbocycles. The fraction of sp³-hybridized carbons (Fsp3) is 0.133. The highest BCUT2D eigenvalue weighted by Gasteiger charge is 1.96. The number of benzene rings is 2. The molecule has 0 radical (unpaired) electrons. The molecule has 0 aliphatic heterocycles. The Labute approximate surface area is 107 Å². The van der Waals surface area contributed by atoms with Gasteiger partial charge in [-0.05, 0) is 36.2 Å². The van der Waals surface area contributed by atoms with Gasteiger partial charge in [-0.1, -0.05) is 41.9 Å². The van der Waals surface area contributed by atoms with E-state index in [0.29, 0.717) is 0 Å². The van der Waals surface area contributed by atoms with E-state index in [1.54, 1.807) is 0 Å².